The second kappa shape index (κ2) is 5.69. The molecule has 1 heterocycles. The van der Waals surface area contributed by atoms with Gasteiger partial charge in [-0.25, -0.2) is 4.98 Å². The highest BCUT2D eigenvalue weighted by Crippen LogP contribution is 2.30. The monoisotopic (exact) mass is 246 g/mol. The molecule has 0 aliphatic carbocycles. The lowest BCUT2D eigenvalue weighted by Crippen LogP contribution is -2.11. The summed E-state index contributed by atoms with van der Waals surface area (Å²) in [6, 6.07) is 5.95. The minimum Gasteiger partial charge on any atom is -0.496 e. The van der Waals surface area contributed by atoms with Gasteiger partial charge in [0.05, 0.1) is 18.4 Å². The Morgan fingerprint density at radius 1 is 1.39 bits per heavy atom. The van der Waals surface area contributed by atoms with Crippen LogP contribution in [-0.4, -0.2) is 18.6 Å². The summed E-state index contributed by atoms with van der Waals surface area (Å²) in [6.07, 6.45) is 1.68. The van der Waals surface area contributed by atoms with Crippen molar-refractivity contribution in [3.63, 3.8) is 0 Å². The van der Waals surface area contributed by atoms with Crippen molar-refractivity contribution in [3.05, 3.63) is 35.7 Å². The third-order valence-electron chi connectivity index (χ3n) is 2.69. The van der Waals surface area contributed by atoms with Crippen molar-refractivity contribution in [2.75, 3.05) is 13.7 Å². The van der Waals surface area contributed by atoms with Gasteiger partial charge in [-0.1, -0.05) is 18.6 Å². The first-order valence-electron chi connectivity index (χ1n) is 6.04. The van der Waals surface area contributed by atoms with Crippen molar-refractivity contribution >= 4 is 0 Å². The number of aromatic nitrogens is 1. The van der Waals surface area contributed by atoms with Crippen LogP contribution in [0.2, 0.25) is 0 Å². The first kappa shape index (κ1) is 12.6. The van der Waals surface area contributed by atoms with E-state index in [9.17, 15) is 0 Å². The van der Waals surface area contributed by atoms with Crippen LogP contribution in [0.4, 0.5) is 0 Å². The van der Waals surface area contributed by atoms with Gasteiger partial charge in [-0.3, -0.25) is 0 Å². The standard InChI is InChI=1S/C14H18N2O2/c1-4-15-8-11-9-18-14(16-11)12-7-10(2)5-6-13(12)17-3/h5-7,9,15H,4,8H2,1-3H3. The second-order valence-electron chi connectivity index (χ2n) is 4.13. The number of hydrogen-bond donors (Lipinski definition) is 1. The number of methoxy groups -OCH3 is 1. The molecule has 96 valence electrons. The highest BCUT2D eigenvalue weighted by Gasteiger charge is 2.12. The van der Waals surface area contributed by atoms with Crippen molar-refractivity contribution in [2.45, 2.75) is 20.4 Å². The van der Waals surface area contributed by atoms with Gasteiger partial charge in [0.1, 0.15) is 12.0 Å². The van der Waals surface area contributed by atoms with E-state index in [0.717, 1.165) is 29.1 Å². The third-order valence-corrected chi connectivity index (χ3v) is 2.69. The van der Waals surface area contributed by atoms with Crippen LogP contribution in [0.15, 0.2) is 28.9 Å². The van der Waals surface area contributed by atoms with Gasteiger partial charge in [0.25, 0.3) is 0 Å². The minimum absolute atomic E-state index is 0.600. The Morgan fingerprint density at radius 2 is 2.22 bits per heavy atom. The summed E-state index contributed by atoms with van der Waals surface area (Å²) in [6.45, 7) is 5.72. The van der Waals surface area contributed by atoms with E-state index >= 15 is 0 Å². The Morgan fingerprint density at radius 3 is 2.94 bits per heavy atom. The molecule has 0 radical (unpaired) electrons. The Bertz CT molecular complexity index is 520. The number of nitrogens with one attached hydrogen (secondary N) is 1. The Balaban J connectivity index is 2.30. The predicted octanol–water partition coefficient (Wildman–Crippen LogP) is 2.77. The van der Waals surface area contributed by atoms with E-state index in [-0.39, 0.29) is 0 Å². The van der Waals surface area contributed by atoms with Crippen molar-refractivity contribution in [1.29, 1.82) is 0 Å². The molecular weight excluding hydrogens is 228 g/mol. The molecule has 0 bridgehead atoms. The van der Waals surface area contributed by atoms with Crippen molar-refractivity contribution < 1.29 is 9.15 Å². The molecule has 4 nitrogen and oxygen atoms in total. The fraction of sp³-hybridized carbons (Fsp3) is 0.357. The molecule has 18 heavy (non-hydrogen) atoms. The molecule has 1 aromatic carbocycles. The quantitative estimate of drug-likeness (QED) is 0.881. The summed E-state index contributed by atoms with van der Waals surface area (Å²) in [4.78, 5) is 4.46. The van der Waals surface area contributed by atoms with Crippen LogP contribution in [0.3, 0.4) is 0 Å². The zero-order valence-electron chi connectivity index (χ0n) is 11.0. The Labute approximate surface area is 107 Å². The van der Waals surface area contributed by atoms with Gasteiger partial charge in [-0.2, -0.15) is 0 Å². The maximum Gasteiger partial charge on any atom is 0.229 e. The van der Waals surface area contributed by atoms with Crippen molar-refractivity contribution in [1.82, 2.24) is 10.3 Å². The summed E-state index contributed by atoms with van der Waals surface area (Å²) < 4.78 is 10.8. The van der Waals surface area contributed by atoms with E-state index in [2.05, 4.69) is 17.2 Å². The predicted molar refractivity (Wildman–Crippen MR) is 70.6 cm³/mol. The van der Waals surface area contributed by atoms with Crippen LogP contribution in [0.25, 0.3) is 11.5 Å². The third kappa shape index (κ3) is 2.71. The summed E-state index contributed by atoms with van der Waals surface area (Å²) >= 11 is 0. The lowest BCUT2D eigenvalue weighted by atomic mass is 10.1. The molecule has 0 amide bonds. The molecule has 0 aliphatic heterocycles. The molecule has 2 rings (SSSR count). The van der Waals surface area contributed by atoms with Gasteiger partial charge >= 0.3 is 0 Å². The van der Waals surface area contributed by atoms with Crippen molar-refractivity contribution in [3.8, 4) is 17.2 Å². The molecule has 1 aromatic heterocycles. The van der Waals surface area contributed by atoms with Gasteiger partial charge in [0.2, 0.25) is 5.89 Å². The van der Waals surface area contributed by atoms with E-state index in [4.69, 9.17) is 9.15 Å². The van der Waals surface area contributed by atoms with E-state index in [1.165, 1.54) is 0 Å². The maximum absolute atomic E-state index is 5.51. The summed E-state index contributed by atoms with van der Waals surface area (Å²) in [5.74, 6) is 1.38. The van der Waals surface area contributed by atoms with Crippen LogP contribution in [0.5, 0.6) is 5.75 Å². The van der Waals surface area contributed by atoms with Gasteiger partial charge in [0, 0.05) is 6.54 Å². The fourth-order valence-electron chi connectivity index (χ4n) is 1.75. The molecule has 0 spiro atoms. The zero-order valence-corrected chi connectivity index (χ0v) is 11.0. The van der Waals surface area contributed by atoms with Gasteiger partial charge in [-0.15, -0.1) is 0 Å². The van der Waals surface area contributed by atoms with Crippen molar-refractivity contribution in [2.24, 2.45) is 0 Å². The lowest BCUT2D eigenvalue weighted by molar-refractivity contribution is 0.414. The molecule has 0 saturated heterocycles. The number of rotatable bonds is 5. The van der Waals surface area contributed by atoms with Crippen LogP contribution >= 0.6 is 0 Å². The Kier molecular flexibility index (Phi) is 3.99. The lowest BCUT2D eigenvalue weighted by Gasteiger charge is -2.05. The second-order valence-corrected chi connectivity index (χ2v) is 4.13. The van der Waals surface area contributed by atoms with E-state index in [1.807, 2.05) is 25.1 Å². The maximum atomic E-state index is 5.51. The molecule has 1 N–H and O–H groups in total. The minimum atomic E-state index is 0.600. The highest BCUT2D eigenvalue weighted by atomic mass is 16.5. The number of benzene rings is 1. The van der Waals surface area contributed by atoms with Crippen LogP contribution in [0.1, 0.15) is 18.2 Å². The summed E-state index contributed by atoms with van der Waals surface area (Å²) in [5, 5.41) is 3.22. The largest absolute Gasteiger partial charge is 0.496 e. The average molecular weight is 246 g/mol. The normalized spacial score (nSPS) is 10.6. The Hall–Kier alpha value is -1.81. The van der Waals surface area contributed by atoms with E-state index in [0.29, 0.717) is 12.4 Å². The first-order chi connectivity index (χ1) is 8.74. The first-order valence-corrected chi connectivity index (χ1v) is 6.04. The summed E-state index contributed by atoms with van der Waals surface area (Å²) in [7, 11) is 1.65. The number of ether oxygens (including phenoxy) is 1. The smallest absolute Gasteiger partial charge is 0.229 e. The number of nitrogens with zero attached hydrogens (tertiary/aromatic N) is 1. The molecule has 0 atom stereocenters. The SMILES string of the molecule is CCNCc1coc(-c2cc(C)ccc2OC)n1. The van der Waals surface area contributed by atoms with E-state index in [1.54, 1.807) is 13.4 Å². The number of aryl methyl sites for hydroxylation is 1. The molecule has 0 saturated carbocycles. The van der Waals surface area contributed by atoms with Crippen LogP contribution < -0.4 is 10.1 Å². The van der Waals surface area contributed by atoms with Gasteiger partial charge in [-0.05, 0) is 25.6 Å². The molecular formula is C14H18N2O2. The molecule has 0 aliphatic rings. The molecule has 0 unspecified atom stereocenters. The highest BCUT2D eigenvalue weighted by molar-refractivity contribution is 5.63. The fourth-order valence-corrected chi connectivity index (χ4v) is 1.75. The zero-order chi connectivity index (χ0) is 13.0. The number of oxazole rings is 1. The van der Waals surface area contributed by atoms with Gasteiger partial charge in [0.15, 0.2) is 0 Å². The number of hydrogen-bond acceptors (Lipinski definition) is 4. The molecule has 2 aromatic rings. The van der Waals surface area contributed by atoms with Gasteiger partial charge < -0.3 is 14.5 Å². The summed E-state index contributed by atoms with van der Waals surface area (Å²) in [5.41, 5.74) is 2.94. The average Bonchev–Trinajstić information content (AvgIpc) is 2.85. The van der Waals surface area contributed by atoms with Crippen LogP contribution in [0, 0.1) is 6.92 Å². The van der Waals surface area contributed by atoms with E-state index < -0.39 is 0 Å². The molecule has 4 heteroatoms. The van der Waals surface area contributed by atoms with Crippen LogP contribution in [-0.2, 0) is 6.54 Å². The topological polar surface area (TPSA) is 47.3 Å². The molecule has 0 fully saturated rings.